The largest absolute Gasteiger partial charge is 0.370 e. The summed E-state index contributed by atoms with van der Waals surface area (Å²) in [4.78, 5) is 11.5. The number of hydrogen-bond acceptors (Lipinski definition) is 5. The number of aryl methyl sites for hydroxylation is 1. The summed E-state index contributed by atoms with van der Waals surface area (Å²) in [5.74, 6) is 5.35. The molecule has 0 saturated carbocycles. The molecule has 0 radical (unpaired) electrons. The minimum absolute atomic E-state index is 0.884. The van der Waals surface area contributed by atoms with Crippen LogP contribution in [0.15, 0.2) is 6.07 Å². The van der Waals surface area contributed by atoms with Crippen molar-refractivity contribution in [3.8, 4) is 0 Å². The Morgan fingerprint density at radius 2 is 2.06 bits per heavy atom. The van der Waals surface area contributed by atoms with Gasteiger partial charge in [0, 0.05) is 43.6 Å². The lowest BCUT2D eigenvalue weighted by atomic mass is 10.4. The molecule has 0 amide bonds. The average molecular weight is 252 g/mol. The molecule has 1 fully saturated rings. The van der Waals surface area contributed by atoms with Crippen LogP contribution in [0.25, 0.3) is 0 Å². The molecule has 1 aliphatic rings. The van der Waals surface area contributed by atoms with E-state index in [1.165, 1.54) is 11.5 Å². The molecule has 2 rings (SSSR count). The Morgan fingerprint density at radius 3 is 2.71 bits per heavy atom. The van der Waals surface area contributed by atoms with Crippen molar-refractivity contribution >= 4 is 23.4 Å². The van der Waals surface area contributed by atoms with Crippen molar-refractivity contribution in [2.75, 3.05) is 41.4 Å². The highest BCUT2D eigenvalue weighted by molar-refractivity contribution is 7.99. The fraction of sp³-hybridized carbons (Fsp3) is 0.667. The molecule has 0 spiro atoms. The van der Waals surface area contributed by atoms with Crippen molar-refractivity contribution in [2.45, 2.75) is 20.3 Å². The zero-order valence-electron chi connectivity index (χ0n) is 10.6. The number of nitrogens with one attached hydrogen (secondary N) is 1. The Hall–Kier alpha value is -0.970. The van der Waals surface area contributed by atoms with Crippen LogP contribution in [0.5, 0.6) is 0 Å². The lowest BCUT2D eigenvalue weighted by Crippen LogP contribution is -2.33. The maximum absolute atomic E-state index is 4.62. The van der Waals surface area contributed by atoms with E-state index >= 15 is 0 Å². The molecule has 1 aromatic heterocycles. The zero-order valence-corrected chi connectivity index (χ0v) is 11.4. The highest BCUT2D eigenvalue weighted by atomic mass is 32.2. The SMILES string of the molecule is CCNc1cc(N2CCSCC2)nc(CC)n1. The molecular weight excluding hydrogens is 232 g/mol. The first-order chi connectivity index (χ1) is 8.33. The molecule has 1 aromatic rings. The van der Waals surface area contributed by atoms with Gasteiger partial charge >= 0.3 is 0 Å². The van der Waals surface area contributed by atoms with Crippen LogP contribution in [-0.2, 0) is 6.42 Å². The van der Waals surface area contributed by atoms with Gasteiger partial charge in [-0.2, -0.15) is 11.8 Å². The van der Waals surface area contributed by atoms with Crippen LogP contribution >= 0.6 is 11.8 Å². The smallest absolute Gasteiger partial charge is 0.134 e. The second-order valence-corrected chi connectivity index (χ2v) is 5.24. The molecule has 0 aliphatic carbocycles. The first kappa shape index (κ1) is 12.5. The molecule has 5 heteroatoms. The predicted molar refractivity (Wildman–Crippen MR) is 75.1 cm³/mol. The first-order valence-corrected chi connectivity index (χ1v) is 7.43. The molecule has 2 heterocycles. The molecule has 0 atom stereocenters. The van der Waals surface area contributed by atoms with Gasteiger partial charge in [0.15, 0.2) is 0 Å². The zero-order chi connectivity index (χ0) is 12.1. The highest BCUT2D eigenvalue weighted by Gasteiger charge is 2.14. The van der Waals surface area contributed by atoms with E-state index < -0.39 is 0 Å². The molecular formula is C12H20N4S. The number of thioether (sulfide) groups is 1. The van der Waals surface area contributed by atoms with Gasteiger partial charge in [-0.05, 0) is 6.92 Å². The van der Waals surface area contributed by atoms with E-state index in [1.807, 2.05) is 11.8 Å². The minimum atomic E-state index is 0.884. The van der Waals surface area contributed by atoms with Crippen molar-refractivity contribution in [1.29, 1.82) is 0 Å². The van der Waals surface area contributed by atoms with Gasteiger partial charge in [-0.25, -0.2) is 9.97 Å². The number of aromatic nitrogens is 2. The van der Waals surface area contributed by atoms with E-state index in [1.54, 1.807) is 0 Å². The molecule has 94 valence electrons. The lowest BCUT2D eigenvalue weighted by molar-refractivity contribution is 0.818. The van der Waals surface area contributed by atoms with Crippen LogP contribution in [0.3, 0.4) is 0 Å². The van der Waals surface area contributed by atoms with E-state index in [0.717, 1.165) is 43.5 Å². The second kappa shape index (κ2) is 6.10. The van der Waals surface area contributed by atoms with Crippen LogP contribution in [0.2, 0.25) is 0 Å². The van der Waals surface area contributed by atoms with Crippen molar-refractivity contribution in [2.24, 2.45) is 0 Å². The van der Waals surface area contributed by atoms with Crippen LogP contribution in [0.1, 0.15) is 19.7 Å². The van der Waals surface area contributed by atoms with Gasteiger partial charge in [-0.3, -0.25) is 0 Å². The lowest BCUT2D eigenvalue weighted by Gasteiger charge is -2.27. The predicted octanol–water partition coefficient (Wildman–Crippen LogP) is 2.02. The van der Waals surface area contributed by atoms with Gasteiger partial charge in [0.1, 0.15) is 17.5 Å². The van der Waals surface area contributed by atoms with Crippen LogP contribution in [0.4, 0.5) is 11.6 Å². The summed E-state index contributed by atoms with van der Waals surface area (Å²) in [7, 11) is 0. The quantitative estimate of drug-likeness (QED) is 0.888. The molecule has 17 heavy (non-hydrogen) atoms. The Kier molecular flexibility index (Phi) is 4.48. The maximum Gasteiger partial charge on any atom is 0.134 e. The monoisotopic (exact) mass is 252 g/mol. The topological polar surface area (TPSA) is 41.0 Å². The highest BCUT2D eigenvalue weighted by Crippen LogP contribution is 2.20. The summed E-state index contributed by atoms with van der Waals surface area (Å²) in [6.45, 7) is 7.27. The van der Waals surface area contributed by atoms with Gasteiger partial charge in [0.2, 0.25) is 0 Å². The van der Waals surface area contributed by atoms with Crippen molar-refractivity contribution in [1.82, 2.24) is 9.97 Å². The molecule has 0 unspecified atom stereocenters. The van der Waals surface area contributed by atoms with Gasteiger partial charge in [-0.15, -0.1) is 0 Å². The summed E-state index contributed by atoms with van der Waals surface area (Å²) in [5, 5.41) is 3.28. The van der Waals surface area contributed by atoms with E-state index in [0.29, 0.717) is 0 Å². The number of rotatable bonds is 4. The molecule has 4 nitrogen and oxygen atoms in total. The Balaban J connectivity index is 2.21. The second-order valence-electron chi connectivity index (χ2n) is 4.01. The summed E-state index contributed by atoms with van der Waals surface area (Å²) >= 11 is 2.02. The molecule has 0 aromatic carbocycles. The van der Waals surface area contributed by atoms with E-state index in [9.17, 15) is 0 Å². The van der Waals surface area contributed by atoms with E-state index in [-0.39, 0.29) is 0 Å². The van der Waals surface area contributed by atoms with Crippen LogP contribution < -0.4 is 10.2 Å². The summed E-state index contributed by atoms with van der Waals surface area (Å²) in [6.07, 6.45) is 0.884. The third-order valence-electron chi connectivity index (χ3n) is 2.77. The van der Waals surface area contributed by atoms with Crippen LogP contribution in [0, 0.1) is 0 Å². The number of anilines is 2. The maximum atomic E-state index is 4.62. The fourth-order valence-corrected chi connectivity index (χ4v) is 2.77. The minimum Gasteiger partial charge on any atom is -0.370 e. The Bertz CT molecular complexity index is 364. The Labute approximate surface area is 107 Å². The van der Waals surface area contributed by atoms with Crippen LogP contribution in [-0.4, -0.2) is 41.1 Å². The molecule has 1 N–H and O–H groups in total. The first-order valence-electron chi connectivity index (χ1n) is 6.28. The van der Waals surface area contributed by atoms with Crippen molar-refractivity contribution in [3.63, 3.8) is 0 Å². The standard InChI is InChI=1S/C12H20N4S/c1-3-10-14-11(13-4-2)9-12(15-10)16-5-7-17-8-6-16/h9H,3-8H2,1-2H3,(H,13,14,15). The third-order valence-corrected chi connectivity index (χ3v) is 3.71. The third kappa shape index (κ3) is 3.25. The van der Waals surface area contributed by atoms with Crippen molar-refractivity contribution in [3.05, 3.63) is 11.9 Å². The number of hydrogen-bond donors (Lipinski definition) is 1. The van der Waals surface area contributed by atoms with Gasteiger partial charge in [0.25, 0.3) is 0 Å². The van der Waals surface area contributed by atoms with Gasteiger partial charge in [0.05, 0.1) is 0 Å². The number of nitrogens with zero attached hydrogens (tertiary/aromatic N) is 3. The van der Waals surface area contributed by atoms with E-state index in [4.69, 9.17) is 0 Å². The normalized spacial score (nSPS) is 16.0. The fourth-order valence-electron chi connectivity index (χ4n) is 1.87. The summed E-state index contributed by atoms with van der Waals surface area (Å²) < 4.78 is 0. The van der Waals surface area contributed by atoms with Gasteiger partial charge in [-0.1, -0.05) is 6.92 Å². The Morgan fingerprint density at radius 1 is 1.29 bits per heavy atom. The van der Waals surface area contributed by atoms with E-state index in [2.05, 4.69) is 40.1 Å². The molecule has 1 saturated heterocycles. The van der Waals surface area contributed by atoms with Crippen molar-refractivity contribution < 1.29 is 0 Å². The average Bonchev–Trinajstić information content (AvgIpc) is 2.40. The summed E-state index contributed by atoms with van der Waals surface area (Å²) in [6, 6.07) is 2.07. The molecule has 1 aliphatic heterocycles. The summed E-state index contributed by atoms with van der Waals surface area (Å²) in [5.41, 5.74) is 0. The molecule has 0 bridgehead atoms. The van der Waals surface area contributed by atoms with Gasteiger partial charge < -0.3 is 10.2 Å².